The Morgan fingerprint density at radius 3 is 2.76 bits per heavy atom. The van der Waals surface area contributed by atoms with Crippen LogP contribution >= 0.6 is 0 Å². The Bertz CT molecular complexity index is 722. The van der Waals surface area contributed by atoms with Crippen LogP contribution in [-0.4, -0.2) is 59.4 Å². The molecule has 0 aliphatic carbocycles. The molecule has 3 rings (SSSR count). The highest BCUT2D eigenvalue weighted by molar-refractivity contribution is 5.93. The minimum absolute atomic E-state index is 0.0324. The number of amides is 1. The maximum absolute atomic E-state index is 12.4. The molecule has 2 aromatic rings. The van der Waals surface area contributed by atoms with Crippen LogP contribution in [0.3, 0.4) is 0 Å². The van der Waals surface area contributed by atoms with Gasteiger partial charge in [-0.05, 0) is 24.8 Å². The lowest BCUT2D eigenvalue weighted by Gasteiger charge is -2.34. The van der Waals surface area contributed by atoms with Crippen molar-refractivity contribution in [1.29, 1.82) is 0 Å². The number of carbonyl (C=O) groups is 1. The lowest BCUT2D eigenvalue weighted by molar-refractivity contribution is 0.0765. The number of hydrogen-bond donors (Lipinski definition) is 0. The van der Waals surface area contributed by atoms with Crippen LogP contribution in [-0.2, 0) is 7.05 Å². The number of nitrogens with zero attached hydrogens (tertiary/aromatic N) is 5. The second kappa shape index (κ2) is 7.55. The van der Waals surface area contributed by atoms with Gasteiger partial charge < -0.3 is 14.5 Å². The molecule has 7 heteroatoms. The van der Waals surface area contributed by atoms with Crippen LogP contribution < -0.4 is 9.64 Å². The zero-order chi connectivity index (χ0) is 17.8. The van der Waals surface area contributed by atoms with E-state index in [1.807, 2.05) is 32.3 Å². The van der Waals surface area contributed by atoms with Crippen molar-refractivity contribution in [3.8, 4) is 5.88 Å². The van der Waals surface area contributed by atoms with Crippen LogP contribution in [0.1, 0.15) is 23.2 Å². The normalized spacial score (nSPS) is 15.2. The van der Waals surface area contributed by atoms with Gasteiger partial charge in [0.05, 0.1) is 18.9 Å². The van der Waals surface area contributed by atoms with Crippen LogP contribution in [0.25, 0.3) is 0 Å². The molecule has 25 heavy (non-hydrogen) atoms. The molecule has 0 spiro atoms. The highest BCUT2D eigenvalue weighted by atomic mass is 16.5. The molecule has 1 fully saturated rings. The fourth-order valence-corrected chi connectivity index (χ4v) is 3.26. The number of anilines is 1. The molecule has 134 valence electrons. The monoisotopic (exact) mass is 343 g/mol. The first-order chi connectivity index (χ1) is 12.1. The van der Waals surface area contributed by atoms with Gasteiger partial charge in [0.2, 0.25) is 5.88 Å². The van der Waals surface area contributed by atoms with E-state index in [1.54, 1.807) is 29.1 Å². The summed E-state index contributed by atoms with van der Waals surface area (Å²) in [5.74, 6) is 2.14. The van der Waals surface area contributed by atoms with Gasteiger partial charge in [-0.2, -0.15) is 10.1 Å². The van der Waals surface area contributed by atoms with Gasteiger partial charge in [0, 0.05) is 46.0 Å². The Morgan fingerprint density at radius 1 is 1.36 bits per heavy atom. The summed E-state index contributed by atoms with van der Waals surface area (Å²) in [6.45, 7) is 2.66. The Balaban J connectivity index is 1.52. The largest absolute Gasteiger partial charge is 0.481 e. The standard InChI is InChI=1S/C18H25N5O2/c1-21(18(24)15-11-19-22(2)13-15)12-14-7-9-23(10-8-14)16-5-4-6-17(20-16)25-3/h4-6,11,13-14H,7-10,12H2,1-3H3. The maximum Gasteiger partial charge on any atom is 0.256 e. The van der Waals surface area contributed by atoms with Crippen molar-refractivity contribution in [3.05, 3.63) is 36.2 Å². The lowest BCUT2D eigenvalue weighted by atomic mass is 9.96. The summed E-state index contributed by atoms with van der Waals surface area (Å²) < 4.78 is 6.85. The summed E-state index contributed by atoms with van der Waals surface area (Å²) in [5, 5.41) is 4.07. The van der Waals surface area contributed by atoms with E-state index in [0.717, 1.165) is 38.3 Å². The van der Waals surface area contributed by atoms with Crippen LogP contribution in [0, 0.1) is 5.92 Å². The van der Waals surface area contributed by atoms with E-state index >= 15 is 0 Å². The van der Waals surface area contributed by atoms with Gasteiger partial charge in [0.15, 0.2) is 0 Å². The molecule has 0 N–H and O–H groups in total. The van der Waals surface area contributed by atoms with Crippen molar-refractivity contribution in [2.75, 3.05) is 38.7 Å². The molecule has 0 unspecified atom stereocenters. The third-order valence-electron chi connectivity index (χ3n) is 4.69. The number of pyridine rings is 1. The summed E-state index contributed by atoms with van der Waals surface area (Å²) in [6.07, 6.45) is 5.47. The fourth-order valence-electron chi connectivity index (χ4n) is 3.26. The molecule has 0 aromatic carbocycles. The van der Waals surface area contributed by atoms with E-state index < -0.39 is 0 Å². The molecule has 0 atom stereocenters. The number of carbonyl (C=O) groups excluding carboxylic acids is 1. The lowest BCUT2D eigenvalue weighted by Crippen LogP contribution is -2.39. The summed E-state index contributed by atoms with van der Waals surface area (Å²) in [4.78, 5) is 21.0. The number of ether oxygens (including phenoxy) is 1. The van der Waals surface area contributed by atoms with Gasteiger partial charge in [-0.25, -0.2) is 0 Å². The Morgan fingerprint density at radius 2 is 2.12 bits per heavy atom. The zero-order valence-electron chi connectivity index (χ0n) is 15.1. The Hall–Kier alpha value is -2.57. The van der Waals surface area contributed by atoms with E-state index in [4.69, 9.17) is 4.74 Å². The van der Waals surface area contributed by atoms with Crippen molar-refractivity contribution in [2.45, 2.75) is 12.8 Å². The van der Waals surface area contributed by atoms with Crippen LogP contribution in [0.4, 0.5) is 5.82 Å². The second-order valence-corrected chi connectivity index (χ2v) is 6.56. The highest BCUT2D eigenvalue weighted by Crippen LogP contribution is 2.24. The van der Waals surface area contributed by atoms with E-state index in [-0.39, 0.29) is 5.91 Å². The number of rotatable bonds is 5. The van der Waals surface area contributed by atoms with Crippen molar-refractivity contribution in [1.82, 2.24) is 19.7 Å². The van der Waals surface area contributed by atoms with Gasteiger partial charge in [0.25, 0.3) is 5.91 Å². The van der Waals surface area contributed by atoms with E-state index in [2.05, 4.69) is 15.0 Å². The molecular formula is C18H25N5O2. The molecule has 1 amide bonds. The van der Waals surface area contributed by atoms with Gasteiger partial charge >= 0.3 is 0 Å². The highest BCUT2D eigenvalue weighted by Gasteiger charge is 2.23. The number of hydrogen-bond acceptors (Lipinski definition) is 5. The molecular weight excluding hydrogens is 318 g/mol. The average Bonchev–Trinajstić information content (AvgIpc) is 3.08. The molecule has 7 nitrogen and oxygen atoms in total. The third kappa shape index (κ3) is 4.10. The van der Waals surface area contributed by atoms with Crippen LogP contribution in [0.2, 0.25) is 0 Å². The van der Waals surface area contributed by atoms with E-state index in [9.17, 15) is 4.79 Å². The van der Waals surface area contributed by atoms with Crippen molar-refractivity contribution in [2.24, 2.45) is 13.0 Å². The molecule has 0 saturated carbocycles. The van der Waals surface area contributed by atoms with E-state index in [0.29, 0.717) is 17.4 Å². The van der Waals surface area contributed by atoms with E-state index in [1.165, 1.54) is 0 Å². The Labute approximate surface area is 148 Å². The zero-order valence-corrected chi connectivity index (χ0v) is 15.1. The first-order valence-electron chi connectivity index (χ1n) is 8.57. The molecule has 0 radical (unpaired) electrons. The third-order valence-corrected chi connectivity index (χ3v) is 4.69. The average molecular weight is 343 g/mol. The number of piperidine rings is 1. The minimum Gasteiger partial charge on any atom is -0.481 e. The smallest absolute Gasteiger partial charge is 0.256 e. The van der Waals surface area contributed by atoms with Crippen molar-refractivity contribution >= 4 is 11.7 Å². The second-order valence-electron chi connectivity index (χ2n) is 6.56. The SMILES string of the molecule is COc1cccc(N2CCC(CN(C)C(=O)c3cnn(C)c3)CC2)n1. The fraction of sp³-hybridized carbons (Fsp3) is 0.500. The quantitative estimate of drug-likeness (QED) is 0.828. The minimum atomic E-state index is 0.0324. The first-order valence-corrected chi connectivity index (χ1v) is 8.57. The molecule has 1 aliphatic rings. The van der Waals surface area contributed by atoms with Crippen molar-refractivity contribution < 1.29 is 9.53 Å². The maximum atomic E-state index is 12.4. The molecule has 0 bridgehead atoms. The van der Waals surface area contributed by atoms with Gasteiger partial charge in [-0.15, -0.1) is 0 Å². The Kier molecular flexibility index (Phi) is 5.21. The topological polar surface area (TPSA) is 63.5 Å². The number of methoxy groups -OCH3 is 1. The predicted molar refractivity (Wildman–Crippen MR) is 95.9 cm³/mol. The molecule has 1 saturated heterocycles. The van der Waals surface area contributed by atoms with Gasteiger partial charge in [-0.1, -0.05) is 6.07 Å². The molecule has 2 aromatic heterocycles. The summed E-state index contributed by atoms with van der Waals surface area (Å²) >= 11 is 0. The van der Waals surface area contributed by atoms with Gasteiger partial charge in [0.1, 0.15) is 5.82 Å². The first kappa shape index (κ1) is 17.3. The van der Waals surface area contributed by atoms with Crippen LogP contribution in [0.15, 0.2) is 30.6 Å². The van der Waals surface area contributed by atoms with Gasteiger partial charge in [-0.3, -0.25) is 9.48 Å². The molecule has 3 heterocycles. The molecule has 1 aliphatic heterocycles. The number of aromatic nitrogens is 3. The van der Waals surface area contributed by atoms with Crippen LogP contribution in [0.5, 0.6) is 5.88 Å². The van der Waals surface area contributed by atoms with Crippen molar-refractivity contribution in [3.63, 3.8) is 0 Å². The summed E-state index contributed by atoms with van der Waals surface area (Å²) in [5.41, 5.74) is 0.642. The summed E-state index contributed by atoms with van der Waals surface area (Å²) in [7, 11) is 5.32. The summed E-state index contributed by atoms with van der Waals surface area (Å²) in [6, 6.07) is 5.84. The predicted octanol–water partition coefficient (Wildman–Crippen LogP) is 1.81. The number of aryl methyl sites for hydroxylation is 1.